The van der Waals surface area contributed by atoms with Gasteiger partial charge in [0.1, 0.15) is 5.82 Å². The molecule has 0 radical (unpaired) electrons. The summed E-state index contributed by atoms with van der Waals surface area (Å²) >= 11 is 1.73. The minimum atomic E-state index is -0.0676. The predicted molar refractivity (Wildman–Crippen MR) is 122 cm³/mol. The first-order valence-corrected chi connectivity index (χ1v) is 11.6. The molecule has 4 rings (SSSR count). The zero-order valence-corrected chi connectivity index (χ0v) is 19.1. The number of amides is 1. The minimum Gasteiger partial charge on any atom is -0.365 e. The van der Waals surface area contributed by atoms with Crippen LogP contribution in [-0.4, -0.2) is 43.8 Å². The first-order chi connectivity index (χ1) is 14.3. The Bertz CT molecular complexity index is 996. The van der Waals surface area contributed by atoms with Crippen LogP contribution in [0.25, 0.3) is 5.65 Å². The van der Waals surface area contributed by atoms with E-state index in [4.69, 9.17) is 4.98 Å². The van der Waals surface area contributed by atoms with Gasteiger partial charge in [-0.1, -0.05) is 13.0 Å². The number of likely N-dealkylation sites (tertiary alicyclic amines) is 1. The van der Waals surface area contributed by atoms with E-state index >= 15 is 0 Å². The summed E-state index contributed by atoms with van der Waals surface area (Å²) in [6.07, 6.45) is 8.27. The first kappa shape index (κ1) is 20.8. The van der Waals surface area contributed by atoms with Crippen molar-refractivity contribution in [1.29, 1.82) is 0 Å². The summed E-state index contributed by atoms with van der Waals surface area (Å²) in [5, 5.41) is 5.72. The molecule has 3 aromatic rings. The topological polar surface area (TPSA) is 62.5 Å². The molecular formula is C23H31N5OS. The third-order valence-corrected chi connectivity index (χ3v) is 6.55. The number of anilines is 1. The SMILES string of the molecule is CC(Cc1cccs1)C(=O)N1CCC(c2nc3cnccn3c2NC(C)(C)C)CC1. The Labute approximate surface area is 182 Å². The van der Waals surface area contributed by atoms with Crippen LogP contribution in [0.5, 0.6) is 0 Å². The largest absolute Gasteiger partial charge is 0.365 e. The number of nitrogens with one attached hydrogen (secondary N) is 1. The van der Waals surface area contributed by atoms with Crippen LogP contribution in [0.1, 0.15) is 57.0 Å². The van der Waals surface area contributed by atoms with Crippen LogP contribution >= 0.6 is 11.3 Å². The number of carbonyl (C=O) groups excluding carboxylic acids is 1. The Kier molecular flexibility index (Phi) is 5.82. The molecule has 0 spiro atoms. The van der Waals surface area contributed by atoms with Crippen molar-refractivity contribution in [2.75, 3.05) is 18.4 Å². The summed E-state index contributed by atoms with van der Waals surface area (Å²) in [7, 11) is 0. The summed E-state index contributed by atoms with van der Waals surface area (Å²) in [5.41, 5.74) is 1.89. The Morgan fingerprint density at radius 2 is 2.10 bits per heavy atom. The maximum Gasteiger partial charge on any atom is 0.225 e. The minimum absolute atomic E-state index is 0.0274. The van der Waals surface area contributed by atoms with Crippen molar-refractivity contribution in [3.05, 3.63) is 46.7 Å². The second kappa shape index (κ2) is 8.38. The highest BCUT2D eigenvalue weighted by atomic mass is 32.1. The molecule has 1 atom stereocenters. The molecule has 0 saturated carbocycles. The van der Waals surface area contributed by atoms with Gasteiger partial charge >= 0.3 is 0 Å². The molecule has 1 amide bonds. The van der Waals surface area contributed by atoms with Crippen molar-refractivity contribution >= 4 is 28.7 Å². The lowest BCUT2D eigenvalue weighted by Crippen LogP contribution is -2.41. The van der Waals surface area contributed by atoms with E-state index in [1.165, 1.54) is 4.88 Å². The molecule has 7 heteroatoms. The summed E-state index contributed by atoms with van der Waals surface area (Å²) < 4.78 is 2.09. The Morgan fingerprint density at radius 3 is 2.77 bits per heavy atom. The van der Waals surface area contributed by atoms with Gasteiger partial charge in [0.2, 0.25) is 5.91 Å². The third-order valence-electron chi connectivity index (χ3n) is 5.65. The lowest BCUT2D eigenvalue weighted by molar-refractivity contribution is -0.136. The second-order valence-corrected chi connectivity index (χ2v) is 10.3. The van der Waals surface area contributed by atoms with E-state index in [1.54, 1.807) is 17.5 Å². The van der Waals surface area contributed by atoms with Crippen LogP contribution in [0, 0.1) is 5.92 Å². The van der Waals surface area contributed by atoms with Gasteiger partial charge in [0.05, 0.1) is 11.9 Å². The quantitative estimate of drug-likeness (QED) is 0.650. The van der Waals surface area contributed by atoms with Gasteiger partial charge in [-0.2, -0.15) is 0 Å². The number of piperidine rings is 1. The molecular weight excluding hydrogens is 394 g/mol. The van der Waals surface area contributed by atoms with Gasteiger partial charge in [-0.25, -0.2) is 4.98 Å². The second-order valence-electron chi connectivity index (χ2n) is 9.31. The van der Waals surface area contributed by atoms with Crippen molar-refractivity contribution in [2.45, 2.75) is 58.4 Å². The number of nitrogens with zero attached hydrogens (tertiary/aromatic N) is 4. The first-order valence-electron chi connectivity index (χ1n) is 10.7. The molecule has 1 unspecified atom stereocenters. The number of fused-ring (bicyclic) bond motifs is 1. The van der Waals surface area contributed by atoms with E-state index < -0.39 is 0 Å². The highest BCUT2D eigenvalue weighted by Crippen LogP contribution is 2.34. The van der Waals surface area contributed by atoms with Crippen molar-refractivity contribution in [3.8, 4) is 0 Å². The molecule has 1 saturated heterocycles. The smallest absolute Gasteiger partial charge is 0.225 e. The summed E-state index contributed by atoms with van der Waals surface area (Å²) in [5.74, 6) is 1.69. The number of hydrogen-bond donors (Lipinski definition) is 1. The van der Waals surface area contributed by atoms with E-state index in [-0.39, 0.29) is 17.4 Å². The number of hydrogen-bond acceptors (Lipinski definition) is 5. The van der Waals surface area contributed by atoms with E-state index in [2.05, 4.69) is 59.9 Å². The van der Waals surface area contributed by atoms with Gasteiger partial charge in [0.25, 0.3) is 0 Å². The van der Waals surface area contributed by atoms with E-state index in [9.17, 15) is 4.79 Å². The highest BCUT2D eigenvalue weighted by molar-refractivity contribution is 7.09. The van der Waals surface area contributed by atoms with Crippen LogP contribution < -0.4 is 5.32 Å². The molecule has 4 heterocycles. The summed E-state index contributed by atoms with van der Waals surface area (Å²) in [6, 6.07) is 4.17. The molecule has 3 aromatic heterocycles. The fourth-order valence-corrected chi connectivity index (χ4v) is 5.03. The molecule has 1 N–H and O–H groups in total. The van der Waals surface area contributed by atoms with Gasteiger partial charge in [0.15, 0.2) is 5.65 Å². The number of carbonyl (C=O) groups is 1. The Hall–Kier alpha value is -2.41. The fraction of sp³-hybridized carbons (Fsp3) is 0.522. The fourth-order valence-electron chi connectivity index (χ4n) is 4.19. The highest BCUT2D eigenvalue weighted by Gasteiger charge is 2.30. The predicted octanol–water partition coefficient (Wildman–Crippen LogP) is 4.59. The molecule has 1 aliphatic heterocycles. The summed E-state index contributed by atoms with van der Waals surface area (Å²) in [4.78, 5) is 25.4. The number of imidazole rings is 1. The molecule has 1 aliphatic rings. The van der Waals surface area contributed by atoms with Crippen LogP contribution in [0.15, 0.2) is 36.1 Å². The van der Waals surface area contributed by atoms with Gasteiger partial charge in [-0.15, -0.1) is 11.3 Å². The van der Waals surface area contributed by atoms with Gasteiger partial charge in [0, 0.05) is 47.7 Å². The normalized spacial score (nSPS) is 16.7. The molecule has 0 aromatic carbocycles. The lowest BCUT2D eigenvalue weighted by Gasteiger charge is -2.34. The number of thiophene rings is 1. The molecule has 1 fully saturated rings. The van der Waals surface area contributed by atoms with Crippen molar-refractivity contribution in [3.63, 3.8) is 0 Å². The van der Waals surface area contributed by atoms with Crippen LogP contribution in [0.3, 0.4) is 0 Å². The maximum absolute atomic E-state index is 13.0. The van der Waals surface area contributed by atoms with E-state index in [1.807, 2.05) is 17.3 Å². The van der Waals surface area contributed by atoms with Crippen molar-refractivity contribution in [1.82, 2.24) is 19.3 Å². The standard InChI is InChI=1S/C23H31N5OS/c1-16(14-18-6-5-13-30-18)22(29)27-10-7-17(8-11-27)20-21(26-23(2,3)4)28-12-9-24-15-19(28)25-20/h5-6,9,12-13,15-17,26H,7-8,10-11,14H2,1-4H3. The Balaban J connectivity index is 1.47. The third kappa shape index (κ3) is 4.51. The zero-order chi connectivity index (χ0) is 21.3. The molecule has 6 nitrogen and oxygen atoms in total. The van der Waals surface area contributed by atoms with Crippen molar-refractivity contribution < 1.29 is 4.79 Å². The van der Waals surface area contributed by atoms with Gasteiger partial charge in [-0.3, -0.25) is 14.2 Å². The molecule has 160 valence electrons. The van der Waals surface area contributed by atoms with Gasteiger partial charge in [-0.05, 0) is 51.5 Å². The Morgan fingerprint density at radius 1 is 1.33 bits per heavy atom. The summed E-state index contributed by atoms with van der Waals surface area (Å²) in [6.45, 7) is 10.1. The monoisotopic (exact) mass is 425 g/mol. The van der Waals surface area contributed by atoms with Crippen LogP contribution in [-0.2, 0) is 11.2 Å². The molecule has 0 bridgehead atoms. The molecule has 0 aliphatic carbocycles. The van der Waals surface area contributed by atoms with E-state index in [0.717, 1.165) is 49.5 Å². The van der Waals surface area contributed by atoms with E-state index in [0.29, 0.717) is 5.92 Å². The maximum atomic E-state index is 13.0. The van der Waals surface area contributed by atoms with Gasteiger partial charge < -0.3 is 10.2 Å². The van der Waals surface area contributed by atoms with Crippen molar-refractivity contribution in [2.24, 2.45) is 5.92 Å². The zero-order valence-electron chi connectivity index (χ0n) is 18.3. The number of aromatic nitrogens is 3. The van der Waals surface area contributed by atoms with Crippen LogP contribution in [0.2, 0.25) is 0 Å². The van der Waals surface area contributed by atoms with Crippen LogP contribution in [0.4, 0.5) is 5.82 Å². The molecule has 30 heavy (non-hydrogen) atoms. The number of rotatable bonds is 5. The average molecular weight is 426 g/mol. The average Bonchev–Trinajstić information content (AvgIpc) is 3.35. The lowest BCUT2D eigenvalue weighted by atomic mass is 9.92.